The summed E-state index contributed by atoms with van der Waals surface area (Å²) >= 11 is 0. The van der Waals surface area contributed by atoms with E-state index in [1.165, 1.54) is 12.1 Å². The molecular weight excluding hydrogens is 249 g/mol. The minimum Gasteiger partial charge on any atom is -0.383 e. The van der Waals surface area contributed by atoms with Crippen LogP contribution in [0.2, 0.25) is 0 Å². The molecule has 0 bridgehead atoms. The van der Waals surface area contributed by atoms with Crippen LogP contribution in [0.15, 0.2) is 29.6 Å². The zero-order chi connectivity index (χ0) is 13.4. The smallest absolute Gasteiger partial charge is 0.383 e. The molecule has 0 aromatic heterocycles. The van der Waals surface area contributed by atoms with E-state index in [9.17, 15) is 23.2 Å². The molecule has 98 valence electrons. The topological polar surface area (TPSA) is 52.9 Å². The van der Waals surface area contributed by atoms with Crippen molar-refractivity contribution in [2.45, 2.75) is 18.2 Å². The summed E-state index contributed by atoms with van der Waals surface area (Å²) in [7, 11) is 0. The van der Waals surface area contributed by atoms with Gasteiger partial charge in [0.2, 0.25) is 0 Å². The zero-order valence-corrected chi connectivity index (χ0v) is 9.31. The minimum absolute atomic E-state index is 0.0855. The molecule has 0 amide bonds. The maximum Gasteiger partial charge on any atom is 0.416 e. The maximum atomic E-state index is 12.6. The first-order chi connectivity index (χ1) is 8.35. The average molecular weight is 260 g/mol. The van der Waals surface area contributed by atoms with Gasteiger partial charge in [-0.25, -0.2) is 0 Å². The van der Waals surface area contributed by atoms with E-state index in [1.807, 2.05) is 0 Å². The standard InChI is InChI=1S/C11H11F3N2O2/c12-11(13,14)9-3-1-2-8(6-9)10(17)4-5-16(7-10)15-18/h1-3,6,17H,4-5,7H2. The number of aliphatic hydroxyl groups is 1. The van der Waals surface area contributed by atoms with Crippen molar-refractivity contribution in [3.63, 3.8) is 0 Å². The summed E-state index contributed by atoms with van der Waals surface area (Å²) in [5, 5.41) is 14.0. The van der Waals surface area contributed by atoms with Crippen molar-refractivity contribution in [3.8, 4) is 0 Å². The van der Waals surface area contributed by atoms with Crippen molar-refractivity contribution in [3.05, 3.63) is 40.3 Å². The lowest BCUT2D eigenvalue weighted by Gasteiger charge is -2.23. The van der Waals surface area contributed by atoms with Gasteiger partial charge in [-0.3, -0.25) is 5.01 Å². The highest BCUT2D eigenvalue weighted by Gasteiger charge is 2.39. The Morgan fingerprint density at radius 2 is 2.11 bits per heavy atom. The Bertz CT molecular complexity index is 464. The van der Waals surface area contributed by atoms with Gasteiger partial charge in [0, 0.05) is 13.0 Å². The first kappa shape index (κ1) is 12.8. The largest absolute Gasteiger partial charge is 0.416 e. The van der Waals surface area contributed by atoms with Gasteiger partial charge < -0.3 is 5.11 Å². The Labute approximate surface area is 101 Å². The predicted octanol–water partition coefficient (Wildman–Crippen LogP) is 2.28. The van der Waals surface area contributed by atoms with Crippen LogP contribution in [0.1, 0.15) is 17.5 Å². The second-order valence-electron chi connectivity index (χ2n) is 4.33. The average Bonchev–Trinajstić information content (AvgIpc) is 2.72. The van der Waals surface area contributed by atoms with E-state index in [4.69, 9.17) is 0 Å². The Balaban J connectivity index is 2.32. The van der Waals surface area contributed by atoms with Gasteiger partial charge in [-0.2, -0.15) is 13.2 Å². The highest BCUT2D eigenvalue weighted by molar-refractivity contribution is 5.31. The van der Waals surface area contributed by atoms with Crippen LogP contribution < -0.4 is 0 Å². The van der Waals surface area contributed by atoms with Gasteiger partial charge in [0.1, 0.15) is 5.60 Å². The number of hydrogen-bond donors (Lipinski definition) is 1. The Hall–Kier alpha value is -1.63. The first-order valence-electron chi connectivity index (χ1n) is 5.33. The van der Waals surface area contributed by atoms with Crippen LogP contribution >= 0.6 is 0 Å². The van der Waals surface area contributed by atoms with Gasteiger partial charge in [0.15, 0.2) is 0 Å². The molecule has 18 heavy (non-hydrogen) atoms. The van der Waals surface area contributed by atoms with Crippen LogP contribution in [0, 0.1) is 4.91 Å². The van der Waals surface area contributed by atoms with E-state index in [2.05, 4.69) is 5.29 Å². The summed E-state index contributed by atoms with van der Waals surface area (Å²) in [6, 6.07) is 4.52. The maximum absolute atomic E-state index is 12.6. The second-order valence-corrected chi connectivity index (χ2v) is 4.33. The highest BCUT2D eigenvalue weighted by Crippen LogP contribution is 2.36. The third kappa shape index (κ3) is 2.31. The van der Waals surface area contributed by atoms with E-state index >= 15 is 0 Å². The molecule has 4 nitrogen and oxygen atoms in total. The molecule has 1 aliphatic heterocycles. The molecule has 0 radical (unpaired) electrons. The lowest BCUT2D eigenvalue weighted by Crippen LogP contribution is -2.29. The van der Waals surface area contributed by atoms with Crippen LogP contribution in [0.4, 0.5) is 13.2 Å². The van der Waals surface area contributed by atoms with Crippen molar-refractivity contribution < 1.29 is 18.3 Å². The number of β-amino-alcohol motifs (C(OH)–C–C–N with tert-alkyl or cyclic N) is 1. The van der Waals surface area contributed by atoms with E-state index in [0.29, 0.717) is 0 Å². The van der Waals surface area contributed by atoms with E-state index in [1.54, 1.807) is 0 Å². The van der Waals surface area contributed by atoms with Crippen molar-refractivity contribution in [1.29, 1.82) is 0 Å². The summed E-state index contributed by atoms with van der Waals surface area (Å²) in [6.45, 7) is 0.147. The molecule has 1 aromatic rings. The molecule has 1 saturated heterocycles. The van der Waals surface area contributed by atoms with Crippen LogP contribution in [-0.2, 0) is 11.8 Å². The monoisotopic (exact) mass is 260 g/mol. The molecule has 1 fully saturated rings. The third-order valence-corrected chi connectivity index (χ3v) is 3.07. The van der Waals surface area contributed by atoms with E-state index in [0.717, 1.165) is 17.1 Å². The van der Waals surface area contributed by atoms with Crippen LogP contribution in [0.5, 0.6) is 0 Å². The Morgan fingerprint density at radius 1 is 1.39 bits per heavy atom. The molecule has 1 unspecified atom stereocenters. The number of nitroso groups, excluding NO2 is 1. The summed E-state index contributed by atoms with van der Waals surface area (Å²) < 4.78 is 37.7. The van der Waals surface area contributed by atoms with Crippen molar-refractivity contribution in [2.24, 2.45) is 5.29 Å². The first-order valence-corrected chi connectivity index (χ1v) is 5.33. The van der Waals surface area contributed by atoms with E-state index in [-0.39, 0.29) is 25.1 Å². The fourth-order valence-electron chi connectivity index (χ4n) is 2.06. The van der Waals surface area contributed by atoms with Gasteiger partial charge in [0.05, 0.1) is 17.4 Å². The van der Waals surface area contributed by atoms with Gasteiger partial charge in [0.25, 0.3) is 0 Å². The van der Waals surface area contributed by atoms with Crippen LogP contribution in [-0.4, -0.2) is 23.2 Å². The Morgan fingerprint density at radius 3 is 2.67 bits per heavy atom. The van der Waals surface area contributed by atoms with Crippen LogP contribution in [0.25, 0.3) is 0 Å². The number of rotatable bonds is 2. The third-order valence-electron chi connectivity index (χ3n) is 3.07. The predicted molar refractivity (Wildman–Crippen MR) is 57.3 cm³/mol. The quantitative estimate of drug-likeness (QED) is 0.830. The number of halogens is 3. The van der Waals surface area contributed by atoms with Gasteiger partial charge in [-0.05, 0) is 17.7 Å². The lowest BCUT2D eigenvalue weighted by atomic mass is 9.92. The van der Waals surface area contributed by atoms with Gasteiger partial charge >= 0.3 is 6.18 Å². The minimum atomic E-state index is -4.45. The molecule has 1 N–H and O–H groups in total. The molecule has 1 aromatic carbocycles. The molecule has 1 heterocycles. The Kier molecular flexibility index (Phi) is 3.02. The van der Waals surface area contributed by atoms with Gasteiger partial charge in [-0.15, -0.1) is 4.91 Å². The number of alkyl halides is 3. The number of nitrogens with zero attached hydrogens (tertiary/aromatic N) is 2. The zero-order valence-electron chi connectivity index (χ0n) is 9.31. The molecule has 0 spiro atoms. The molecule has 0 aliphatic carbocycles. The van der Waals surface area contributed by atoms with Crippen molar-refractivity contribution >= 4 is 0 Å². The number of benzene rings is 1. The van der Waals surface area contributed by atoms with Crippen molar-refractivity contribution in [1.82, 2.24) is 5.01 Å². The normalized spacial score (nSPS) is 24.3. The lowest BCUT2D eigenvalue weighted by molar-refractivity contribution is -0.137. The molecule has 0 saturated carbocycles. The number of hydrogen-bond acceptors (Lipinski definition) is 3. The molecule has 1 aliphatic rings. The summed E-state index contributed by atoms with van der Waals surface area (Å²) in [5.74, 6) is 0. The van der Waals surface area contributed by atoms with E-state index < -0.39 is 17.3 Å². The fraction of sp³-hybridized carbons (Fsp3) is 0.455. The summed E-state index contributed by atoms with van der Waals surface area (Å²) in [4.78, 5) is 10.3. The molecule has 2 rings (SSSR count). The second kappa shape index (κ2) is 4.24. The molecule has 7 heteroatoms. The molecular formula is C11H11F3N2O2. The van der Waals surface area contributed by atoms with Gasteiger partial charge in [-0.1, -0.05) is 12.1 Å². The highest BCUT2D eigenvalue weighted by atomic mass is 19.4. The van der Waals surface area contributed by atoms with Crippen molar-refractivity contribution in [2.75, 3.05) is 13.1 Å². The van der Waals surface area contributed by atoms with Crippen LogP contribution in [0.3, 0.4) is 0 Å². The summed E-state index contributed by atoms with van der Waals surface area (Å²) in [6.07, 6.45) is -4.27. The summed E-state index contributed by atoms with van der Waals surface area (Å²) in [5.41, 5.74) is -2.11. The molecule has 1 atom stereocenters. The fourth-order valence-corrected chi connectivity index (χ4v) is 2.06. The SMILES string of the molecule is O=NN1CCC(O)(c2cccc(C(F)(F)F)c2)C1.